The van der Waals surface area contributed by atoms with E-state index in [0.29, 0.717) is 18.0 Å². The Morgan fingerprint density at radius 3 is 2.85 bits per heavy atom. The predicted molar refractivity (Wildman–Crippen MR) is 82.8 cm³/mol. The summed E-state index contributed by atoms with van der Waals surface area (Å²) in [6.07, 6.45) is 0.210. The first-order chi connectivity index (χ1) is 9.63. The molecule has 1 heterocycles. The Balaban J connectivity index is 1.67. The third kappa shape index (κ3) is 4.86. The molecule has 0 aliphatic heterocycles. The zero-order valence-electron chi connectivity index (χ0n) is 10.7. The third-order valence-electron chi connectivity index (χ3n) is 2.44. The smallest absolute Gasteiger partial charge is 0.309 e. The number of carbonyl (C=O) groups is 1. The number of ether oxygens (including phenoxy) is 2. The van der Waals surface area contributed by atoms with Crippen molar-refractivity contribution >= 4 is 38.9 Å². The highest BCUT2D eigenvalue weighted by Gasteiger charge is 2.05. The number of hydrogen-bond donors (Lipinski definition) is 1. The van der Waals surface area contributed by atoms with Crippen molar-refractivity contribution in [3.8, 4) is 5.75 Å². The third-order valence-corrected chi connectivity index (χ3v) is 4.03. The molecule has 1 aromatic heterocycles. The maximum atomic E-state index is 11.5. The summed E-state index contributed by atoms with van der Waals surface area (Å²) in [7, 11) is 0. The van der Waals surface area contributed by atoms with Gasteiger partial charge in [-0.25, -0.2) is 0 Å². The molecule has 2 N–H and O–H groups in total. The minimum Gasteiger partial charge on any atom is -0.493 e. The Labute approximate surface area is 129 Å². The van der Waals surface area contributed by atoms with Gasteiger partial charge >= 0.3 is 5.97 Å². The van der Waals surface area contributed by atoms with Crippen molar-refractivity contribution in [2.24, 2.45) is 0 Å². The molecule has 0 saturated heterocycles. The summed E-state index contributed by atoms with van der Waals surface area (Å²) in [5.41, 5.74) is 6.26. The molecule has 0 spiro atoms. The van der Waals surface area contributed by atoms with Crippen molar-refractivity contribution in [3.05, 3.63) is 45.1 Å². The highest BCUT2D eigenvalue weighted by Crippen LogP contribution is 2.22. The Morgan fingerprint density at radius 1 is 1.30 bits per heavy atom. The summed E-state index contributed by atoms with van der Waals surface area (Å²) in [4.78, 5) is 12.5. The van der Waals surface area contributed by atoms with Crippen LogP contribution in [0.5, 0.6) is 5.75 Å². The van der Waals surface area contributed by atoms with E-state index >= 15 is 0 Å². The van der Waals surface area contributed by atoms with Crippen molar-refractivity contribution < 1.29 is 14.3 Å². The van der Waals surface area contributed by atoms with E-state index in [9.17, 15) is 4.79 Å². The average molecular weight is 356 g/mol. The molecule has 1 aromatic carbocycles. The van der Waals surface area contributed by atoms with Crippen LogP contribution >= 0.6 is 27.3 Å². The topological polar surface area (TPSA) is 61.5 Å². The summed E-state index contributed by atoms with van der Waals surface area (Å²) in [5.74, 6) is 0.374. The fourth-order valence-corrected chi connectivity index (χ4v) is 2.91. The fraction of sp³-hybridized carbons (Fsp3) is 0.214. The molecule has 4 nitrogen and oxygen atoms in total. The number of carbonyl (C=O) groups excluding carboxylic acids is 1. The van der Waals surface area contributed by atoms with Gasteiger partial charge in [-0.3, -0.25) is 4.79 Å². The zero-order chi connectivity index (χ0) is 14.4. The lowest BCUT2D eigenvalue weighted by Crippen LogP contribution is -2.09. The first kappa shape index (κ1) is 14.9. The van der Waals surface area contributed by atoms with Crippen LogP contribution in [0.3, 0.4) is 0 Å². The number of hydrogen-bond acceptors (Lipinski definition) is 5. The lowest BCUT2D eigenvalue weighted by molar-refractivity contribution is -0.145. The molecule has 2 rings (SSSR count). The highest BCUT2D eigenvalue weighted by atomic mass is 79.9. The molecule has 0 radical (unpaired) electrons. The molecule has 0 fully saturated rings. The molecule has 6 heteroatoms. The van der Waals surface area contributed by atoms with Crippen molar-refractivity contribution in [3.63, 3.8) is 0 Å². The summed E-state index contributed by atoms with van der Waals surface area (Å²) in [5, 5.41) is 0. The van der Waals surface area contributed by atoms with E-state index in [4.69, 9.17) is 15.2 Å². The molecule has 20 heavy (non-hydrogen) atoms. The van der Waals surface area contributed by atoms with Gasteiger partial charge < -0.3 is 15.2 Å². The number of nitrogens with two attached hydrogens (primary N) is 1. The molecule has 0 aliphatic rings. The van der Waals surface area contributed by atoms with Crippen LogP contribution in [0, 0.1) is 0 Å². The van der Waals surface area contributed by atoms with Gasteiger partial charge in [0, 0.05) is 16.6 Å². The number of halogens is 1. The average Bonchev–Trinajstić information content (AvgIpc) is 2.82. The highest BCUT2D eigenvalue weighted by molar-refractivity contribution is 9.11. The maximum absolute atomic E-state index is 11.5. The van der Waals surface area contributed by atoms with Gasteiger partial charge in [0.2, 0.25) is 0 Å². The number of rotatable bonds is 6. The van der Waals surface area contributed by atoms with Crippen molar-refractivity contribution in [2.75, 3.05) is 12.3 Å². The van der Waals surface area contributed by atoms with Crippen LogP contribution in [0.4, 0.5) is 5.69 Å². The Bertz CT molecular complexity index is 585. The fourth-order valence-electron chi connectivity index (χ4n) is 1.51. The van der Waals surface area contributed by atoms with E-state index in [2.05, 4.69) is 15.9 Å². The van der Waals surface area contributed by atoms with Crippen molar-refractivity contribution in [1.82, 2.24) is 0 Å². The lowest BCUT2D eigenvalue weighted by Gasteiger charge is -2.06. The Hall–Kier alpha value is -1.53. The molecule has 0 aliphatic carbocycles. The van der Waals surface area contributed by atoms with E-state index in [1.807, 2.05) is 12.1 Å². The molecule has 0 unspecified atom stereocenters. The minimum absolute atomic E-state index is 0.210. The van der Waals surface area contributed by atoms with Crippen LogP contribution in [-0.2, 0) is 16.1 Å². The number of nitrogen functional groups attached to an aromatic ring is 1. The molecule has 0 saturated carbocycles. The molecule has 2 aromatic rings. The van der Waals surface area contributed by atoms with Gasteiger partial charge in [0.1, 0.15) is 12.4 Å². The molecule has 106 valence electrons. The maximum Gasteiger partial charge on any atom is 0.309 e. The standard InChI is InChI=1S/C14H14BrNO3S/c15-13-5-4-12(20-13)9-19-14(17)6-7-18-11-3-1-2-10(16)8-11/h1-5,8H,6-7,9,16H2. The van der Waals surface area contributed by atoms with Crippen molar-refractivity contribution in [2.45, 2.75) is 13.0 Å². The van der Waals surface area contributed by atoms with Gasteiger partial charge in [0.25, 0.3) is 0 Å². The zero-order valence-corrected chi connectivity index (χ0v) is 13.1. The van der Waals surface area contributed by atoms with Gasteiger partial charge in [0.15, 0.2) is 0 Å². The quantitative estimate of drug-likeness (QED) is 0.635. The van der Waals surface area contributed by atoms with Crippen LogP contribution < -0.4 is 10.5 Å². The summed E-state index contributed by atoms with van der Waals surface area (Å²) >= 11 is 4.91. The Morgan fingerprint density at radius 2 is 2.15 bits per heavy atom. The van der Waals surface area contributed by atoms with Crippen LogP contribution in [0.25, 0.3) is 0 Å². The van der Waals surface area contributed by atoms with Crippen LogP contribution in [-0.4, -0.2) is 12.6 Å². The Kier molecular flexibility index (Phi) is 5.43. The van der Waals surface area contributed by atoms with E-state index in [1.54, 1.807) is 35.6 Å². The van der Waals surface area contributed by atoms with Gasteiger partial charge in [-0.2, -0.15) is 0 Å². The monoisotopic (exact) mass is 355 g/mol. The summed E-state index contributed by atoms with van der Waals surface area (Å²) < 4.78 is 11.6. The van der Waals surface area contributed by atoms with E-state index in [-0.39, 0.29) is 19.0 Å². The molecule has 0 bridgehead atoms. The lowest BCUT2D eigenvalue weighted by atomic mass is 10.3. The largest absolute Gasteiger partial charge is 0.493 e. The van der Waals surface area contributed by atoms with Crippen LogP contribution in [0.1, 0.15) is 11.3 Å². The number of esters is 1. The number of benzene rings is 1. The SMILES string of the molecule is Nc1cccc(OCCC(=O)OCc2ccc(Br)s2)c1. The first-order valence-corrected chi connectivity index (χ1v) is 7.62. The van der Waals surface area contributed by atoms with E-state index in [1.165, 1.54) is 0 Å². The minimum atomic E-state index is -0.279. The second kappa shape index (κ2) is 7.31. The first-order valence-electron chi connectivity index (χ1n) is 6.01. The normalized spacial score (nSPS) is 10.2. The molecule has 0 atom stereocenters. The van der Waals surface area contributed by atoms with Gasteiger partial charge in [-0.1, -0.05) is 6.07 Å². The van der Waals surface area contributed by atoms with Gasteiger partial charge in [-0.05, 0) is 40.2 Å². The number of anilines is 1. The van der Waals surface area contributed by atoms with E-state index in [0.717, 1.165) is 8.66 Å². The van der Waals surface area contributed by atoms with Crippen molar-refractivity contribution in [1.29, 1.82) is 0 Å². The second-order valence-electron chi connectivity index (χ2n) is 4.04. The van der Waals surface area contributed by atoms with E-state index < -0.39 is 0 Å². The second-order valence-corrected chi connectivity index (χ2v) is 6.59. The summed E-state index contributed by atoms with van der Waals surface area (Å²) in [6.45, 7) is 0.573. The van der Waals surface area contributed by atoms with Crippen LogP contribution in [0.15, 0.2) is 40.2 Å². The number of thiophene rings is 1. The molecule has 0 amide bonds. The van der Waals surface area contributed by atoms with Gasteiger partial charge in [0.05, 0.1) is 16.8 Å². The predicted octanol–water partition coefficient (Wildman–Crippen LogP) is 3.61. The summed E-state index contributed by atoms with van der Waals surface area (Å²) in [6, 6.07) is 10.9. The van der Waals surface area contributed by atoms with Crippen LogP contribution in [0.2, 0.25) is 0 Å². The molecular formula is C14H14BrNO3S. The molecular weight excluding hydrogens is 342 g/mol. The van der Waals surface area contributed by atoms with Gasteiger partial charge in [-0.15, -0.1) is 11.3 Å².